The van der Waals surface area contributed by atoms with Gasteiger partial charge >= 0.3 is 0 Å². The molecule has 2 aromatic rings. The molecule has 0 radical (unpaired) electrons. The molecule has 2 rings (SSSR count). The third-order valence-corrected chi connectivity index (χ3v) is 4.70. The minimum atomic E-state index is -3.62. The normalized spacial score (nSPS) is 11.6. The number of hydrogen-bond donors (Lipinski definition) is 1. The van der Waals surface area contributed by atoms with Gasteiger partial charge in [0.25, 0.3) is 10.0 Å². The molecule has 0 aromatic heterocycles. The summed E-state index contributed by atoms with van der Waals surface area (Å²) in [6.45, 7) is 6.11. The quantitative estimate of drug-likeness (QED) is 0.627. The molecule has 0 spiro atoms. The van der Waals surface area contributed by atoms with Crippen LogP contribution in [0.15, 0.2) is 64.6 Å². The molecule has 0 bridgehead atoms. The Balaban J connectivity index is 2.04. The summed E-state index contributed by atoms with van der Waals surface area (Å²) in [5, 5.41) is 3.83. The van der Waals surface area contributed by atoms with E-state index in [1.807, 2.05) is 24.3 Å². The highest BCUT2D eigenvalue weighted by molar-refractivity contribution is 7.89. The van der Waals surface area contributed by atoms with Crippen molar-refractivity contribution >= 4 is 21.9 Å². The first-order valence-electron chi connectivity index (χ1n) is 7.51. The van der Waals surface area contributed by atoms with Gasteiger partial charge in [0, 0.05) is 18.8 Å². The fraction of sp³-hybridized carbons (Fsp3) is 0.235. The number of benzene rings is 2. The summed E-state index contributed by atoms with van der Waals surface area (Å²) in [5.41, 5.74) is 1.97. The van der Waals surface area contributed by atoms with Crippen LogP contribution < -0.4 is 9.73 Å². The lowest BCUT2D eigenvalue weighted by molar-refractivity contribution is 0.584. The predicted octanol–water partition coefficient (Wildman–Crippen LogP) is 2.85. The Morgan fingerprint density at radius 2 is 1.61 bits per heavy atom. The van der Waals surface area contributed by atoms with Crippen LogP contribution >= 0.6 is 0 Å². The summed E-state index contributed by atoms with van der Waals surface area (Å²) in [6, 6.07) is 16.0. The molecule has 0 saturated carbocycles. The van der Waals surface area contributed by atoms with Gasteiger partial charge in [-0.2, -0.15) is 13.5 Å². The van der Waals surface area contributed by atoms with Crippen LogP contribution in [0.1, 0.15) is 19.4 Å². The monoisotopic (exact) mass is 331 g/mol. The van der Waals surface area contributed by atoms with E-state index in [-0.39, 0.29) is 4.90 Å². The van der Waals surface area contributed by atoms with E-state index in [4.69, 9.17) is 0 Å². The number of hydrazone groups is 1. The van der Waals surface area contributed by atoms with Gasteiger partial charge in [0.2, 0.25) is 0 Å². The van der Waals surface area contributed by atoms with Crippen molar-refractivity contribution in [2.45, 2.75) is 18.7 Å². The summed E-state index contributed by atoms with van der Waals surface area (Å²) in [5.74, 6) is 0. The van der Waals surface area contributed by atoms with Crippen LogP contribution in [0.25, 0.3) is 0 Å². The molecule has 23 heavy (non-hydrogen) atoms. The smallest absolute Gasteiger partial charge is 0.276 e. The third kappa shape index (κ3) is 4.56. The Morgan fingerprint density at radius 3 is 2.17 bits per heavy atom. The molecule has 122 valence electrons. The average molecular weight is 331 g/mol. The SMILES string of the molecule is CCN(CC)c1ccc(/C=N/NS(=O)(=O)c2ccccc2)cc1. The van der Waals surface area contributed by atoms with Crippen molar-refractivity contribution in [1.82, 2.24) is 4.83 Å². The zero-order valence-corrected chi connectivity index (χ0v) is 14.1. The van der Waals surface area contributed by atoms with E-state index in [9.17, 15) is 8.42 Å². The first kappa shape index (κ1) is 17.0. The van der Waals surface area contributed by atoms with Crippen molar-refractivity contribution in [1.29, 1.82) is 0 Å². The Bertz CT molecular complexity index is 737. The van der Waals surface area contributed by atoms with Crippen LogP contribution in [0.4, 0.5) is 5.69 Å². The van der Waals surface area contributed by atoms with Gasteiger partial charge in [-0.05, 0) is 43.7 Å². The number of nitrogens with one attached hydrogen (secondary N) is 1. The maximum absolute atomic E-state index is 12.0. The Kier molecular flexibility index (Phi) is 5.76. The molecule has 0 amide bonds. The second-order valence-electron chi connectivity index (χ2n) is 4.93. The largest absolute Gasteiger partial charge is 0.372 e. The van der Waals surface area contributed by atoms with E-state index in [0.29, 0.717) is 0 Å². The summed E-state index contributed by atoms with van der Waals surface area (Å²) in [4.78, 5) is 4.64. The lowest BCUT2D eigenvalue weighted by atomic mass is 10.2. The zero-order chi connectivity index (χ0) is 16.7. The van der Waals surface area contributed by atoms with Crippen LogP contribution in [-0.4, -0.2) is 27.7 Å². The van der Waals surface area contributed by atoms with E-state index in [1.165, 1.54) is 18.3 Å². The second-order valence-corrected chi connectivity index (χ2v) is 6.59. The summed E-state index contributed by atoms with van der Waals surface area (Å²) in [6.07, 6.45) is 1.49. The van der Waals surface area contributed by atoms with Crippen LogP contribution in [0, 0.1) is 0 Å². The molecular formula is C17H21N3O2S. The Labute approximate surface area is 137 Å². The number of sulfonamides is 1. The van der Waals surface area contributed by atoms with Crippen molar-refractivity contribution in [2.24, 2.45) is 5.10 Å². The topological polar surface area (TPSA) is 61.8 Å². The highest BCUT2D eigenvalue weighted by Crippen LogP contribution is 2.14. The maximum Gasteiger partial charge on any atom is 0.276 e. The Morgan fingerprint density at radius 1 is 1.00 bits per heavy atom. The number of hydrogen-bond acceptors (Lipinski definition) is 4. The van der Waals surface area contributed by atoms with E-state index in [0.717, 1.165) is 24.3 Å². The molecule has 0 aliphatic carbocycles. The lowest BCUT2D eigenvalue weighted by Gasteiger charge is -2.20. The van der Waals surface area contributed by atoms with Crippen LogP contribution in [0.3, 0.4) is 0 Å². The molecular weight excluding hydrogens is 310 g/mol. The number of nitrogens with zero attached hydrogens (tertiary/aromatic N) is 2. The lowest BCUT2D eigenvalue weighted by Crippen LogP contribution is -2.21. The van der Waals surface area contributed by atoms with Crippen molar-refractivity contribution in [3.8, 4) is 0 Å². The fourth-order valence-corrected chi connectivity index (χ4v) is 2.99. The minimum Gasteiger partial charge on any atom is -0.372 e. The van der Waals surface area contributed by atoms with Gasteiger partial charge in [0.15, 0.2) is 0 Å². The molecule has 0 aliphatic heterocycles. The highest BCUT2D eigenvalue weighted by Gasteiger charge is 2.10. The van der Waals surface area contributed by atoms with Gasteiger partial charge < -0.3 is 4.90 Å². The molecule has 5 nitrogen and oxygen atoms in total. The molecule has 1 N–H and O–H groups in total. The highest BCUT2D eigenvalue weighted by atomic mass is 32.2. The first-order chi connectivity index (χ1) is 11.1. The summed E-state index contributed by atoms with van der Waals surface area (Å²) < 4.78 is 24.0. The number of rotatable bonds is 7. The number of anilines is 1. The Hall–Kier alpha value is -2.34. The van der Waals surface area contributed by atoms with Gasteiger partial charge in [0.05, 0.1) is 11.1 Å². The molecule has 2 aromatic carbocycles. The van der Waals surface area contributed by atoms with Crippen LogP contribution in [0.5, 0.6) is 0 Å². The van der Waals surface area contributed by atoms with E-state index < -0.39 is 10.0 Å². The third-order valence-electron chi connectivity index (χ3n) is 3.46. The van der Waals surface area contributed by atoms with Crippen molar-refractivity contribution in [3.63, 3.8) is 0 Å². The fourth-order valence-electron chi connectivity index (χ4n) is 2.18. The predicted molar refractivity (Wildman–Crippen MR) is 94.4 cm³/mol. The second kappa shape index (κ2) is 7.78. The van der Waals surface area contributed by atoms with Gasteiger partial charge in [-0.15, -0.1) is 0 Å². The summed E-state index contributed by atoms with van der Waals surface area (Å²) >= 11 is 0. The zero-order valence-electron chi connectivity index (χ0n) is 13.3. The van der Waals surface area contributed by atoms with Crippen LogP contribution in [-0.2, 0) is 10.0 Å². The average Bonchev–Trinajstić information content (AvgIpc) is 2.58. The molecule has 0 heterocycles. The standard InChI is InChI=1S/C17H21N3O2S/c1-3-20(4-2)16-12-10-15(11-13-16)14-18-19-23(21,22)17-8-6-5-7-9-17/h5-14,19H,3-4H2,1-2H3/b18-14+. The summed E-state index contributed by atoms with van der Waals surface area (Å²) in [7, 11) is -3.62. The molecule has 0 unspecified atom stereocenters. The maximum atomic E-state index is 12.0. The van der Waals surface area contributed by atoms with Crippen molar-refractivity contribution in [3.05, 3.63) is 60.2 Å². The first-order valence-corrected chi connectivity index (χ1v) is 9.00. The molecule has 0 atom stereocenters. The minimum absolute atomic E-state index is 0.189. The van der Waals surface area contributed by atoms with Crippen LogP contribution in [0.2, 0.25) is 0 Å². The molecule has 6 heteroatoms. The van der Waals surface area contributed by atoms with Gasteiger partial charge in [-0.1, -0.05) is 30.3 Å². The molecule has 0 aliphatic rings. The van der Waals surface area contributed by atoms with E-state index in [2.05, 4.69) is 28.7 Å². The molecule has 0 saturated heterocycles. The van der Waals surface area contributed by atoms with E-state index >= 15 is 0 Å². The van der Waals surface area contributed by atoms with Gasteiger partial charge in [-0.25, -0.2) is 4.83 Å². The van der Waals surface area contributed by atoms with Gasteiger partial charge in [-0.3, -0.25) is 0 Å². The van der Waals surface area contributed by atoms with Crippen molar-refractivity contribution < 1.29 is 8.42 Å². The van der Waals surface area contributed by atoms with Crippen molar-refractivity contribution in [2.75, 3.05) is 18.0 Å². The van der Waals surface area contributed by atoms with Gasteiger partial charge in [0.1, 0.15) is 0 Å². The molecule has 0 fully saturated rings. The van der Waals surface area contributed by atoms with E-state index in [1.54, 1.807) is 18.2 Å².